The molecule has 0 radical (unpaired) electrons. The number of hydrogen-bond donors (Lipinski definition) is 0. The van der Waals surface area contributed by atoms with Gasteiger partial charge in [-0.05, 0) is 34.4 Å². The summed E-state index contributed by atoms with van der Waals surface area (Å²) in [4.78, 5) is 18.2. The van der Waals surface area contributed by atoms with Crippen molar-refractivity contribution < 1.29 is 9.63 Å². The summed E-state index contributed by atoms with van der Waals surface area (Å²) in [6.45, 7) is 0.376. The lowest BCUT2D eigenvalue weighted by Crippen LogP contribution is -2.45. The molecule has 5 rings (SSSR count). The van der Waals surface area contributed by atoms with E-state index in [-0.39, 0.29) is 5.92 Å². The van der Waals surface area contributed by atoms with E-state index in [9.17, 15) is 4.79 Å². The molecule has 3 aromatic rings. The fourth-order valence-electron chi connectivity index (χ4n) is 4.37. The first-order valence-electron chi connectivity index (χ1n) is 8.50. The van der Waals surface area contributed by atoms with E-state index in [1.165, 1.54) is 11.1 Å². The Hall–Kier alpha value is -2.91. The Labute approximate surface area is 146 Å². The summed E-state index contributed by atoms with van der Waals surface area (Å²) in [5, 5.41) is 1.94. The van der Waals surface area contributed by atoms with Gasteiger partial charge in [0.2, 0.25) is 0 Å². The van der Waals surface area contributed by atoms with Crippen LogP contribution in [-0.2, 0) is 15.2 Å². The van der Waals surface area contributed by atoms with Gasteiger partial charge in [-0.2, -0.15) is 0 Å². The lowest BCUT2D eigenvalue weighted by molar-refractivity contribution is -0.111. The molecule has 1 fully saturated rings. The molecule has 0 N–H and O–H groups in total. The standard InChI is InChI=1S/C22H17NO2/c24-14-16-15-25-23(17-8-2-1-3-9-17)22(16)20-12-6-4-10-18(20)19-11-5-7-13-21(19)22/h1-14,16H,15H2. The fraction of sp³-hybridized carbons (Fsp3) is 0.136. The number of anilines is 1. The first-order chi connectivity index (χ1) is 12.4. The summed E-state index contributed by atoms with van der Waals surface area (Å²) in [6.07, 6.45) is 1.04. The van der Waals surface area contributed by atoms with Crippen LogP contribution in [0.25, 0.3) is 11.1 Å². The molecule has 1 spiro atoms. The summed E-state index contributed by atoms with van der Waals surface area (Å²) in [5.74, 6) is -0.266. The van der Waals surface area contributed by atoms with Gasteiger partial charge >= 0.3 is 0 Å². The largest absolute Gasteiger partial charge is 0.303 e. The molecule has 1 atom stereocenters. The molecule has 2 aliphatic rings. The first-order valence-corrected chi connectivity index (χ1v) is 8.50. The predicted octanol–water partition coefficient (Wildman–Crippen LogP) is 4.18. The zero-order chi connectivity index (χ0) is 16.9. The van der Waals surface area contributed by atoms with Crippen LogP contribution < -0.4 is 5.06 Å². The van der Waals surface area contributed by atoms with Crippen LogP contribution in [0, 0.1) is 5.92 Å². The number of hydroxylamine groups is 1. The molecule has 3 aromatic carbocycles. The molecule has 1 aliphatic heterocycles. The summed E-state index contributed by atoms with van der Waals surface area (Å²) in [6, 6.07) is 26.7. The first kappa shape index (κ1) is 14.4. The summed E-state index contributed by atoms with van der Waals surface area (Å²) >= 11 is 0. The minimum Gasteiger partial charge on any atom is -0.303 e. The molecule has 1 unspecified atom stereocenters. The van der Waals surface area contributed by atoms with Crippen molar-refractivity contribution in [2.75, 3.05) is 11.7 Å². The number of aldehydes is 1. The number of nitrogens with zero attached hydrogens (tertiary/aromatic N) is 1. The molecule has 0 saturated carbocycles. The van der Waals surface area contributed by atoms with Crippen molar-refractivity contribution in [1.29, 1.82) is 0 Å². The molecular weight excluding hydrogens is 310 g/mol. The Balaban J connectivity index is 1.86. The normalized spacial score (nSPS) is 19.7. The summed E-state index contributed by atoms with van der Waals surface area (Å²) in [5.41, 5.74) is 4.96. The molecule has 3 nitrogen and oxygen atoms in total. The second kappa shape index (κ2) is 5.30. The van der Waals surface area contributed by atoms with Crippen molar-refractivity contribution in [3.63, 3.8) is 0 Å². The van der Waals surface area contributed by atoms with Gasteiger partial charge in [0.05, 0.1) is 18.2 Å². The lowest BCUT2D eigenvalue weighted by atomic mass is 9.77. The smallest absolute Gasteiger partial charge is 0.130 e. The van der Waals surface area contributed by atoms with Crippen molar-refractivity contribution in [3.05, 3.63) is 90.0 Å². The quantitative estimate of drug-likeness (QED) is 0.661. The number of para-hydroxylation sites is 1. The van der Waals surface area contributed by atoms with Crippen LogP contribution in [0.3, 0.4) is 0 Å². The topological polar surface area (TPSA) is 29.5 Å². The van der Waals surface area contributed by atoms with Crippen molar-refractivity contribution in [3.8, 4) is 11.1 Å². The van der Waals surface area contributed by atoms with E-state index in [4.69, 9.17) is 4.84 Å². The zero-order valence-corrected chi connectivity index (χ0v) is 13.6. The highest BCUT2D eigenvalue weighted by molar-refractivity contribution is 5.85. The minimum absolute atomic E-state index is 0.266. The third-order valence-corrected chi connectivity index (χ3v) is 5.36. The van der Waals surface area contributed by atoms with Gasteiger partial charge in [0.1, 0.15) is 11.8 Å². The van der Waals surface area contributed by atoms with E-state index in [2.05, 4.69) is 24.3 Å². The van der Waals surface area contributed by atoms with Crippen LogP contribution in [0.2, 0.25) is 0 Å². The Morgan fingerprint density at radius 3 is 2.00 bits per heavy atom. The molecule has 1 saturated heterocycles. The number of carbonyl (C=O) groups excluding carboxylic acids is 1. The van der Waals surface area contributed by atoms with Gasteiger partial charge in [0, 0.05) is 0 Å². The highest BCUT2D eigenvalue weighted by Crippen LogP contribution is 2.57. The van der Waals surface area contributed by atoms with E-state index >= 15 is 0 Å². The van der Waals surface area contributed by atoms with Gasteiger partial charge in [-0.15, -0.1) is 0 Å². The van der Waals surface area contributed by atoms with E-state index < -0.39 is 5.54 Å². The number of benzene rings is 3. The second-order valence-corrected chi connectivity index (χ2v) is 6.53. The van der Waals surface area contributed by atoms with Crippen molar-refractivity contribution >= 4 is 12.0 Å². The number of hydrogen-bond acceptors (Lipinski definition) is 3. The fourth-order valence-corrected chi connectivity index (χ4v) is 4.37. The zero-order valence-electron chi connectivity index (χ0n) is 13.6. The minimum atomic E-state index is -0.615. The number of carbonyl (C=O) groups is 1. The van der Waals surface area contributed by atoms with E-state index in [1.54, 1.807) is 0 Å². The van der Waals surface area contributed by atoms with Crippen molar-refractivity contribution in [2.24, 2.45) is 5.92 Å². The second-order valence-electron chi connectivity index (χ2n) is 6.53. The van der Waals surface area contributed by atoms with Gasteiger partial charge in [-0.3, -0.25) is 4.84 Å². The molecule has 0 aromatic heterocycles. The third-order valence-electron chi connectivity index (χ3n) is 5.36. The molecule has 1 heterocycles. The average Bonchev–Trinajstić information content (AvgIpc) is 3.21. The predicted molar refractivity (Wildman–Crippen MR) is 97.1 cm³/mol. The highest BCUT2D eigenvalue weighted by Gasteiger charge is 2.57. The van der Waals surface area contributed by atoms with E-state index in [0.717, 1.165) is 23.1 Å². The van der Waals surface area contributed by atoms with Crippen LogP contribution >= 0.6 is 0 Å². The van der Waals surface area contributed by atoms with Gasteiger partial charge in [0.25, 0.3) is 0 Å². The van der Waals surface area contributed by atoms with Gasteiger partial charge in [-0.1, -0.05) is 66.7 Å². The Kier molecular flexibility index (Phi) is 3.06. The summed E-state index contributed by atoms with van der Waals surface area (Å²) in [7, 11) is 0. The van der Waals surface area contributed by atoms with Gasteiger partial charge in [0.15, 0.2) is 0 Å². The average molecular weight is 327 g/mol. The highest BCUT2D eigenvalue weighted by atomic mass is 16.7. The van der Waals surface area contributed by atoms with Crippen LogP contribution in [0.4, 0.5) is 5.69 Å². The molecule has 0 bridgehead atoms. The van der Waals surface area contributed by atoms with Crippen molar-refractivity contribution in [2.45, 2.75) is 5.54 Å². The van der Waals surface area contributed by atoms with Crippen LogP contribution in [0.5, 0.6) is 0 Å². The maximum absolute atomic E-state index is 12.1. The molecular formula is C22H17NO2. The third kappa shape index (κ3) is 1.76. The Morgan fingerprint density at radius 1 is 0.840 bits per heavy atom. The van der Waals surface area contributed by atoms with Crippen LogP contribution in [0.1, 0.15) is 11.1 Å². The maximum Gasteiger partial charge on any atom is 0.130 e. The number of rotatable bonds is 2. The number of fused-ring (bicyclic) bond motifs is 5. The van der Waals surface area contributed by atoms with E-state index in [1.807, 2.05) is 59.7 Å². The maximum atomic E-state index is 12.1. The molecule has 122 valence electrons. The van der Waals surface area contributed by atoms with Crippen LogP contribution in [0.15, 0.2) is 78.9 Å². The Morgan fingerprint density at radius 2 is 1.40 bits per heavy atom. The molecule has 1 aliphatic carbocycles. The van der Waals surface area contributed by atoms with Gasteiger partial charge in [-0.25, -0.2) is 5.06 Å². The van der Waals surface area contributed by atoms with Crippen LogP contribution in [-0.4, -0.2) is 12.9 Å². The van der Waals surface area contributed by atoms with E-state index in [0.29, 0.717) is 6.61 Å². The lowest BCUT2D eigenvalue weighted by Gasteiger charge is -2.38. The molecule has 0 amide bonds. The Bertz CT molecular complexity index is 906. The molecule has 25 heavy (non-hydrogen) atoms. The van der Waals surface area contributed by atoms with Gasteiger partial charge < -0.3 is 4.79 Å². The monoisotopic (exact) mass is 327 g/mol. The van der Waals surface area contributed by atoms with Crippen molar-refractivity contribution in [1.82, 2.24) is 0 Å². The molecule has 3 heteroatoms. The SMILES string of the molecule is O=CC1CON(c2ccccc2)C12c1ccccc1-c1ccccc12. The summed E-state index contributed by atoms with van der Waals surface area (Å²) < 4.78 is 0.